The third-order valence-electron chi connectivity index (χ3n) is 2.24. The van der Waals surface area contributed by atoms with Crippen molar-refractivity contribution in [3.8, 4) is 12.3 Å². The molecule has 1 aromatic carbocycles. The van der Waals surface area contributed by atoms with Crippen molar-refractivity contribution in [3.63, 3.8) is 0 Å². The van der Waals surface area contributed by atoms with Crippen LogP contribution in [0, 0.1) is 12.3 Å². The number of carbonyl (C=O) groups is 2. The summed E-state index contributed by atoms with van der Waals surface area (Å²) in [7, 11) is 0. The zero-order valence-corrected chi connectivity index (χ0v) is 11.4. The van der Waals surface area contributed by atoms with E-state index in [-0.39, 0.29) is 17.0 Å². The van der Waals surface area contributed by atoms with Gasteiger partial charge in [0.05, 0.1) is 12.1 Å². The number of terminal acetylenes is 1. The second-order valence-corrected chi connectivity index (χ2v) is 4.91. The smallest absolute Gasteiger partial charge is 0.446 e. The van der Waals surface area contributed by atoms with Crippen LogP contribution in [0.25, 0.3) is 0 Å². The highest BCUT2D eigenvalue weighted by Gasteiger charge is 2.32. The Kier molecular flexibility index (Phi) is 5.67. The zero-order valence-electron chi connectivity index (χ0n) is 10.6. The quantitative estimate of drug-likeness (QED) is 0.669. The average Bonchev–Trinajstić information content (AvgIpc) is 2.35. The summed E-state index contributed by atoms with van der Waals surface area (Å²) in [5.41, 5.74) is -4.79. The second kappa shape index (κ2) is 7.04. The van der Waals surface area contributed by atoms with Gasteiger partial charge in [-0.1, -0.05) is 18.1 Å². The number of alkyl halides is 3. The normalized spacial score (nSPS) is 10.8. The lowest BCUT2D eigenvalue weighted by Crippen LogP contribution is -2.36. The van der Waals surface area contributed by atoms with E-state index in [1.165, 1.54) is 18.2 Å². The Balaban J connectivity index is 3.10. The molecule has 21 heavy (non-hydrogen) atoms. The first-order valence-corrected chi connectivity index (χ1v) is 6.35. The Morgan fingerprint density at radius 3 is 2.48 bits per heavy atom. The molecular formula is C13H10F3NO3S. The summed E-state index contributed by atoms with van der Waals surface area (Å²) in [6.45, 7) is -0.996. The molecule has 0 radical (unpaired) electrons. The van der Waals surface area contributed by atoms with E-state index in [1.807, 2.05) is 0 Å². The average molecular weight is 317 g/mol. The number of hydrogen-bond acceptors (Lipinski definition) is 3. The Morgan fingerprint density at radius 2 is 1.95 bits per heavy atom. The number of carboxylic acid groups (broad SMARTS) is 1. The third-order valence-corrected chi connectivity index (χ3v) is 3.05. The van der Waals surface area contributed by atoms with Crippen molar-refractivity contribution in [3.05, 3.63) is 29.8 Å². The largest absolute Gasteiger partial charge is 0.480 e. The van der Waals surface area contributed by atoms with Crippen LogP contribution in [0.2, 0.25) is 0 Å². The maximum Gasteiger partial charge on any atom is 0.446 e. The van der Waals surface area contributed by atoms with Gasteiger partial charge in [0, 0.05) is 4.90 Å². The molecule has 0 aliphatic carbocycles. The lowest BCUT2D eigenvalue weighted by molar-refractivity contribution is -0.137. The number of carbonyl (C=O) groups excluding carboxylic acids is 1. The highest BCUT2D eigenvalue weighted by Crippen LogP contribution is 2.38. The van der Waals surface area contributed by atoms with E-state index in [0.717, 1.165) is 11.0 Å². The number of benzene rings is 1. The van der Waals surface area contributed by atoms with Crippen LogP contribution in [0.5, 0.6) is 0 Å². The standard InChI is InChI=1S/C13H10F3NO3S/c1-2-7-17(8-11(18)19)12(20)9-5-3-4-6-10(9)21-13(14,15)16/h1,3-6H,7-8H2,(H,18,19). The molecule has 8 heteroatoms. The minimum atomic E-state index is -4.56. The van der Waals surface area contributed by atoms with Gasteiger partial charge in [0.25, 0.3) is 5.91 Å². The molecule has 1 N–H and O–H groups in total. The van der Waals surface area contributed by atoms with Gasteiger partial charge in [-0.3, -0.25) is 9.59 Å². The highest BCUT2D eigenvalue weighted by atomic mass is 32.2. The van der Waals surface area contributed by atoms with Crippen LogP contribution in [0.15, 0.2) is 29.2 Å². The SMILES string of the molecule is C#CCN(CC(=O)O)C(=O)c1ccccc1SC(F)(F)F. The number of carboxylic acids is 1. The Bertz CT molecular complexity index is 581. The monoisotopic (exact) mass is 317 g/mol. The third kappa shape index (κ3) is 5.39. The minimum Gasteiger partial charge on any atom is -0.480 e. The van der Waals surface area contributed by atoms with Crippen molar-refractivity contribution in [2.75, 3.05) is 13.1 Å². The van der Waals surface area contributed by atoms with Gasteiger partial charge in [0.1, 0.15) is 6.54 Å². The molecule has 0 heterocycles. The zero-order chi connectivity index (χ0) is 16.0. The number of halogens is 3. The molecule has 1 aromatic rings. The highest BCUT2D eigenvalue weighted by molar-refractivity contribution is 8.00. The molecule has 0 saturated carbocycles. The predicted octanol–water partition coefficient (Wildman–Crippen LogP) is 2.46. The van der Waals surface area contributed by atoms with E-state index in [0.29, 0.717) is 0 Å². The molecule has 0 aromatic heterocycles. The van der Waals surface area contributed by atoms with Crippen molar-refractivity contribution in [1.29, 1.82) is 0 Å². The van der Waals surface area contributed by atoms with E-state index in [9.17, 15) is 22.8 Å². The van der Waals surface area contributed by atoms with Crippen LogP contribution in [0.3, 0.4) is 0 Å². The molecule has 1 rings (SSSR count). The topological polar surface area (TPSA) is 57.6 Å². The van der Waals surface area contributed by atoms with Gasteiger partial charge >= 0.3 is 11.5 Å². The first kappa shape index (κ1) is 16.9. The van der Waals surface area contributed by atoms with E-state index in [1.54, 1.807) is 0 Å². The predicted molar refractivity (Wildman–Crippen MR) is 70.7 cm³/mol. The number of hydrogen-bond donors (Lipinski definition) is 1. The summed E-state index contributed by atoms with van der Waals surface area (Å²) in [5.74, 6) is -0.0603. The molecule has 0 saturated heterocycles. The molecular weight excluding hydrogens is 307 g/mol. The Labute approximate surface area is 122 Å². The number of aliphatic carboxylic acids is 1. The molecule has 0 aliphatic rings. The van der Waals surface area contributed by atoms with Gasteiger partial charge < -0.3 is 10.0 Å². The van der Waals surface area contributed by atoms with E-state index >= 15 is 0 Å². The fourth-order valence-corrected chi connectivity index (χ4v) is 2.16. The van der Waals surface area contributed by atoms with Gasteiger partial charge in [0.15, 0.2) is 0 Å². The minimum absolute atomic E-state index is 0.240. The van der Waals surface area contributed by atoms with Crippen LogP contribution < -0.4 is 0 Å². The van der Waals surface area contributed by atoms with Crippen molar-refractivity contribution in [2.45, 2.75) is 10.4 Å². The maximum absolute atomic E-state index is 12.5. The van der Waals surface area contributed by atoms with E-state index in [2.05, 4.69) is 5.92 Å². The molecule has 0 fully saturated rings. The van der Waals surface area contributed by atoms with Crippen LogP contribution in [-0.2, 0) is 4.79 Å². The second-order valence-electron chi connectivity index (χ2n) is 3.80. The molecule has 0 bridgehead atoms. The summed E-state index contributed by atoms with van der Waals surface area (Å²) < 4.78 is 37.4. The van der Waals surface area contributed by atoms with Gasteiger partial charge in [-0.2, -0.15) is 13.2 Å². The lowest BCUT2D eigenvalue weighted by Gasteiger charge is -2.19. The van der Waals surface area contributed by atoms with Crippen LogP contribution in [0.4, 0.5) is 13.2 Å². The molecule has 0 unspecified atom stereocenters. The number of rotatable bonds is 5. The summed E-state index contributed by atoms with van der Waals surface area (Å²) >= 11 is -0.437. The number of amides is 1. The summed E-state index contributed by atoms with van der Waals surface area (Å²) in [6.07, 6.45) is 5.04. The first-order valence-electron chi connectivity index (χ1n) is 5.54. The van der Waals surface area contributed by atoms with Gasteiger partial charge in [-0.15, -0.1) is 6.42 Å². The van der Waals surface area contributed by atoms with E-state index < -0.39 is 35.7 Å². The molecule has 0 atom stereocenters. The van der Waals surface area contributed by atoms with Crippen LogP contribution >= 0.6 is 11.8 Å². The molecule has 112 valence electrons. The Morgan fingerprint density at radius 1 is 1.33 bits per heavy atom. The summed E-state index contributed by atoms with van der Waals surface area (Å²) in [4.78, 5) is 23.3. The maximum atomic E-state index is 12.5. The molecule has 0 spiro atoms. The van der Waals surface area contributed by atoms with Gasteiger partial charge in [-0.05, 0) is 23.9 Å². The van der Waals surface area contributed by atoms with Gasteiger partial charge in [-0.25, -0.2) is 0 Å². The van der Waals surface area contributed by atoms with Crippen molar-refractivity contribution >= 4 is 23.6 Å². The van der Waals surface area contributed by atoms with Crippen molar-refractivity contribution in [1.82, 2.24) is 4.90 Å². The molecule has 0 aliphatic heterocycles. The van der Waals surface area contributed by atoms with Crippen LogP contribution in [-0.4, -0.2) is 40.5 Å². The number of nitrogens with zero attached hydrogens (tertiary/aromatic N) is 1. The fourth-order valence-electron chi connectivity index (χ4n) is 1.50. The first-order chi connectivity index (χ1) is 9.74. The van der Waals surface area contributed by atoms with Crippen molar-refractivity contribution < 1.29 is 27.9 Å². The molecule has 1 amide bonds. The summed E-state index contributed by atoms with van der Waals surface area (Å²) in [6, 6.07) is 5.08. The van der Waals surface area contributed by atoms with Crippen molar-refractivity contribution in [2.24, 2.45) is 0 Å². The van der Waals surface area contributed by atoms with Crippen LogP contribution in [0.1, 0.15) is 10.4 Å². The number of thioether (sulfide) groups is 1. The molecule has 4 nitrogen and oxygen atoms in total. The van der Waals surface area contributed by atoms with E-state index in [4.69, 9.17) is 11.5 Å². The summed E-state index contributed by atoms with van der Waals surface area (Å²) in [5, 5.41) is 8.71. The lowest BCUT2D eigenvalue weighted by atomic mass is 10.2. The van der Waals surface area contributed by atoms with Gasteiger partial charge in [0.2, 0.25) is 0 Å². The Hall–Kier alpha value is -2.14. The fraction of sp³-hybridized carbons (Fsp3) is 0.231.